The SMILES string of the molecule is COc1cccc2c1C(C(C)O)CS2. The predicted molar refractivity (Wildman–Crippen MR) is 58.1 cm³/mol. The summed E-state index contributed by atoms with van der Waals surface area (Å²) in [6.07, 6.45) is -0.306. The third kappa shape index (κ3) is 1.51. The van der Waals surface area contributed by atoms with Gasteiger partial charge in [0, 0.05) is 22.1 Å². The molecule has 2 nitrogen and oxygen atoms in total. The van der Waals surface area contributed by atoms with E-state index in [0.29, 0.717) is 0 Å². The van der Waals surface area contributed by atoms with Gasteiger partial charge >= 0.3 is 0 Å². The Bertz CT molecular complexity index is 336. The molecule has 0 aliphatic carbocycles. The molecule has 2 atom stereocenters. The minimum Gasteiger partial charge on any atom is -0.496 e. The van der Waals surface area contributed by atoms with Crippen LogP contribution in [0.4, 0.5) is 0 Å². The number of aliphatic hydroxyl groups is 1. The molecule has 0 spiro atoms. The van der Waals surface area contributed by atoms with Crippen molar-refractivity contribution < 1.29 is 9.84 Å². The van der Waals surface area contributed by atoms with Crippen LogP contribution in [-0.2, 0) is 0 Å². The van der Waals surface area contributed by atoms with Gasteiger partial charge in [-0.2, -0.15) is 0 Å². The summed E-state index contributed by atoms with van der Waals surface area (Å²) in [4.78, 5) is 1.25. The Balaban J connectivity index is 2.45. The lowest BCUT2D eigenvalue weighted by atomic mass is 9.95. The van der Waals surface area contributed by atoms with Crippen LogP contribution in [0, 0.1) is 0 Å². The third-order valence-corrected chi connectivity index (χ3v) is 3.81. The number of thioether (sulfide) groups is 1. The van der Waals surface area contributed by atoms with E-state index in [-0.39, 0.29) is 12.0 Å². The highest BCUT2D eigenvalue weighted by atomic mass is 32.2. The number of fused-ring (bicyclic) bond motifs is 1. The molecule has 0 saturated heterocycles. The van der Waals surface area contributed by atoms with Crippen molar-refractivity contribution in [1.82, 2.24) is 0 Å². The molecule has 1 aliphatic rings. The van der Waals surface area contributed by atoms with E-state index in [1.54, 1.807) is 18.9 Å². The average molecular weight is 210 g/mol. The normalized spacial score (nSPS) is 21.8. The highest BCUT2D eigenvalue weighted by molar-refractivity contribution is 7.99. The number of rotatable bonds is 2. The van der Waals surface area contributed by atoms with Gasteiger partial charge in [-0.15, -0.1) is 11.8 Å². The lowest BCUT2D eigenvalue weighted by Gasteiger charge is -2.16. The predicted octanol–water partition coefficient (Wildman–Crippen LogP) is 2.27. The molecule has 1 N–H and O–H groups in total. The lowest BCUT2D eigenvalue weighted by Crippen LogP contribution is -2.14. The molecule has 1 aromatic carbocycles. The van der Waals surface area contributed by atoms with Gasteiger partial charge in [0.15, 0.2) is 0 Å². The molecule has 0 aromatic heterocycles. The molecule has 1 aromatic rings. The van der Waals surface area contributed by atoms with E-state index in [0.717, 1.165) is 11.5 Å². The largest absolute Gasteiger partial charge is 0.496 e. The molecule has 0 saturated carbocycles. The van der Waals surface area contributed by atoms with Gasteiger partial charge in [-0.05, 0) is 19.1 Å². The summed E-state index contributed by atoms with van der Waals surface area (Å²) in [6.45, 7) is 1.84. The van der Waals surface area contributed by atoms with Crippen LogP contribution in [-0.4, -0.2) is 24.1 Å². The zero-order chi connectivity index (χ0) is 10.1. The molecule has 3 heteroatoms. The van der Waals surface area contributed by atoms with Gasteiger partial charge in [0.2, 0.25) is 0 Å². The first-order chi connectivity index (χ1) is 6.74. The standard InChI is InChI=1S/C11H14O2S/c1-7(12)8-6-14-10-5-3-4-9(13-2)11(8)10/h3-5,7-8,12H,6H2,1-2H3. The Hall–Kier alpha value is -0.670. The first-order valence-electron chi connectivity index (χ1n) is 4.71. The van der Waals surface area contributed by atoms with Crippen molar-refractivity contribution >= 4 is 11.8 Å². The van der Waals surface area contributed by atoms with Crippen LogP contribution >= 0.6 is 11.8 Å². The Morgan fingerprint density at radius 1 is 1.57 bits per heavy atom. The molecule has 0 amide bonds. The van der Waals surface area contributed by atoms with E-state index in [1.165, 1.54) is 10.5 Å². The molecule has 14 heavy (non-hydrogen) atoms. The van der Waals surface area contributed by atoms with Crippen molar-refractivity contribution in [2.45, 2.75) is 23.8 Å². The maximum absolute atomic E-state index is 9.65. The van der Waals surface area contributed by atoms with Crippen LogP contribution in [0.3, 0.4) is 0 Å². The summed E-state index contributed by atoms with van der Waals surface area (Å²) in [7, 11) is 1.68. The molecule has 76 valence electrons. The van der Waals surface area contributed by atoms with Crippen molar-refractivity contribution in [2.24, 2.45) is 0 Å². The Labute approximate surface area is 88.3 Å². The van der Waals surface area contributed by atoms with Gasteiger partial charge in [0.25, 0.3) is 0 Å². The van der Waals surface area contributed by atoms with Crippen LogP contribution in [0.15, 0.2) is 23.1 Å². The second kappa shape index (κ2) is 3.83. The molecule has 0 radical (unpaired) electrons. The highest BCUT2D eigenvalue weighted by Gasteiger charge is 2.29. The molecular weight excluding hydrogens is 196 g/mol. The van der Waals surface area contributed by atoms with E-state index in [4.69, 9.17) is 4.74 Å². The highest BCUT2D eigenvalue weighted by Crippen LogP contribution is 2.45. The second-order valence-electron chi connectivity index (χ2n) is 3.53. The van der Waals surface area contributed by atoms with Gasteiger partial charge < -0.3 is 9.84 Å². The van der Waals surface area contributed by atoms with E-state index in [1.807, 2.05) is 19.1 Å². The number of aliphatic hydroxyl groups excluding tert-OH is 1. The quantitative estimate of drug-likeness (QED) is 0.812. The monoisotopic (exact) mass is 210 g/mol. The topological polar surface area (TPSA) is 29.5 Å². The van der Waals surface area contributed by atoms with E-state index in [2.05, 4.69) is 6.07 Å². The lowest BCUT2D eigenvalue weighted by molar-refractivity contribution is 0.169. The van der Waals surface area contributed by atoms with E-state index < -0.39 is 0 Å². The smallest absolute Gasteiger partial charge is 0.123 e. The first kappa shape index (κ1) is 9.87. The summed E-state index contributed by atoms with van der Waals surface area (Å²) in [5.74, 6) is 2.07. The number of hydrogen-bond donors (Lipinski definition) is 1. The van der Waals surface area contributed by atoms with E-state index >= 15 is 0 Å². The minimum absolute atomic E-state index is 0.214. The molecule has 1 aliphatic heterocycles. The van der Waals surface area contributed by atoms with Crippen molar-refractivity contribution in [3.63, 3.8) is 0 Å². The molecule has 0 bridgehead atoms. The van der Waals surface area contributed by atoms with Gasteiger partial charge in [-0.3, -0.25) is 0 Å². The van der Waals surface area contributed by atoms with Crippen molar-refractivity contribution in [3.8, 4) is 5.75 Å². The van der Waals surface area contributed by atoms with Crippen LogP contribution in [0.25, 0.3) is 0 Å². The zero-order valence-corrected chi connectivity index (χ0v) is 9.17. The Morgan fingerprint density at radius 3 is 3.00 bits per heavy atom. The molecule has 0 fully saturated rings. The fourth-order valence-corrected chi connectivity index (χ4v) is 3.22. The van der Waals surface area contributed by atoms with Gasteiger partial charge in [0.05, 0.1) is 13.2 Å². The van der Waals surface area contributed by atoms with Crippen LogP contribution < -0.4 is 4.74 Å². The summed E-state index contributed by atoms with van der Waals surface area (Å²) in [5.41, 5.74) is 1.18. The van der Waals surface area contributed by atoms with E-state index in [9.17, 15) is 5.11 Å². The van der Waals surface area contributed by atoms with Crippen molar-refractivity contribution in [1.29, 1.82) is 0 Å². The fourth-order valence-electron chi connectivity index (χ4n) is 1.84. The first-order valence-corrected chi connectivity index (χ1v) is 5.70. The van der Waals surface area contributed by atoms with Crippen LogP contribution in [0.2, 0.25) is 0 Å². The maximum atomic E-state index is 9.65. The van der Waals surface area contributed by atoms with Crippen LogP contribution in [0.1, 0.15) is 18.4 Å². The molecular formula is C11H14O2S. The summed E-state index contributed by atoms with van der Waals surface area (Å²) < 4.78 is 5.31. The summed E-state index contributed by atoms with van der Waals surface area (Å²) in [6, 6.07) is 6.04. The summed E-state index contributed by atoms with van der Waals surface area (Å²) in [5, 5.41) is 9.65. The molecule has 2 unspecified atom stereocenters. The third-order valence-electron chi connectivity index (χ3n) is 2.62. The number of hydrogen-bond acceptors (Lipinski definition) is 3. The number of ether oxygens (including phenoxy) is 1. The Morgan fingerprint density at radius 2 is 2.36 bits per heavy atom. The fraction of sp³-hybridized carbons (Fsp3) is 0.455. The van der Waals surface area contributed by atoms with Gasteiger partial charge in [0.1, 0.15) is 5.75 Å². The number of methoxy groups -OCH3 is 1. The summed E-state index contributed by atoms with van der Waals surface area (Å²) >= 11 is 1.79. The maximum Gasteiger partial charge on any atom is 0.123 e. The van der Waals surface area contributed by atoms with Gasteiger partial charge in [-0.25, -0.2) is 0 Å². The van der Waals surface area contributed by atoms with Crippen molar-refractivity contribution in [3.05, 3.63) is 23.8 Å². The Kier molecular flexibility index (Phi) is 2.70. The van der Waals surface area contributed by atoms with Crippen LogP contribution in [0.5, 0.6) is 5.75 Å². The zero-order valence-electron chi connectivity index (χ0n) is 8.36. The molecule has 2 rings (SSSR count). The minimum atomic E-state index is -0.306. The number of benzene rings is 1. The average Bonchev–Trinajstić information content (AvgIpc) is 2.60. The molecule has 1 heterocycles. The van der Waals surface area contributed by atoms with Gasteiger partial charge in [-0.1, -0.05) is 6.07 Å². The van der Waals surface area contributed by atoms with Crippen molar-refractivity contribution in [2.75, 3.05) is 12.9 Å². The second-order valence-corrected chi connectivity index (χ2v) is 4.59.